The highest BCUT2D eigenvalue weighted by Gasteiger charge is 2.22. The third-order valence-corrected chi connectivity index (χ3v) is 4.18. The fourth-order valence-electron chi connectivity index (χ4n) is 1.52. The third-order valence-electron chi connectivity index (χ3n) is 2.39. The molecular formula is C12H10BrFN2O3S. The van der Waals surface area contributed by atoms with Crippen LogP contribution in [0, 0.1) is 5.82 Å². The van der Waals surface area contributed by atoms with Crippen LogP contribution < -0.4 is 9.46 Å². The van der Waals surface area contributed by atoms with Gasteiger partial charge in [0.1, 0.15) is 5.75 Å². The highest BCUT2D eigenvalue weighted by atomic mass is 79.9. The Morgan fingerprint density at radius 3 is 2.75 bits per heavy atom. The molecule has 0 aliphatic rings. The minimum Gasteiger partial charge on any atom is -0.495 e. The maximum atomic E-state index is 13.5. The number of methoxy groups -OCH3 is 1. The van der Waals surface area contributed by atoms with Gasteiger partial charge in [0.2, 0.25) is 5.03 Å². The molecule has 0 bridgehead atoms. The van der Waals surface area contributed by atoms with E-state index in [1.807, 2.05) is 0 Å². The van der Waals surface area contributed by atoms with Crippen LogP contribution in [0.4, 0.5) is 10.1 Å². The van der Waals surface area contributed by atoms with E-state index < -0.39 is 20.9 Å². The van der Waals surface area contributed by atoms with E-state index in [-0.39, 0.29) is 5.69 Å². The number of anilines is 1. The van der Waals surface area contributed by atoms with E-state index in [0.29, 0.717) is 10.2 Å². The molecule has 5 nitrogen and oxygen atoms in total. The lowest BCUT2D eigenvalue weighted by molar-refractivity contribution is 0.417. The minimum atomic E-state index is -4.13. The van der Waals surface area contributed by atoms with Gasteiger partial charge in [0.15, 0.2) is 5.82 Å². The number of hydrogen-bond acceptors (Lipinski definition) is 4. The molecule has 0 radical (unpaired) electrons. The Kier molecular flexibility index (Phi) is 4.24. The van der Waals surface area contributed by atoms with E-state index in [1.54, 1.807) is 12.1 Å². The molecule has 1 heterocycles. The lowest BCUT2D eigenvalue weighted by atomic mass is 10.3. The van der Waals surface area contributed by atoms with Gasteiger partial charge in [-0.05, 0) is 30.3 Å². The van der Waals surface area contributed by atoms with Crippen molar-refractivity contribution in [3.63, 3.8) is 0 Å². The van der Waals surface area contributed by atoms with E-state index in [2.05, 4.69) is 25.6 Å². The number of nitrogens with zero attached hydrogens (tertiary/aromatic N) is 1. The van der Waals surface area contributed by atoms with Crippen molar-refractivity contribution >= 4 is 31.6 Å². The second-order valence-corrected chi connectivity index (χ2v) is 6.25. The van der Waals surface area contributed by atoms with E-state index in [9.17, 15) is 12.8 Å². The smallest absolute Gasteiger partial charge is 0.282 e. The highest BCUT2D eigenvalue weighted by molar-refractivity contribution is 9.10. The normalized spacial score (nSPS) is 11.2. The largest absolute Gasteiger partial charge is 0.495 e. The molecule has 20 heavy (non-hydrogen) atoms. The van der Waals surface area contributed by atoms with Crippen molar-refractivity contribution in [3.05, 3.63) is 46.8 Å². The first-order valence-corrected chi connectivity index (χ1v) is 7.68. The topological polar surface area (TPSA) is 68.3 Å². The number of benzene rings is 1. The molecular weight excluding hydrogens is 351 g/mol. The van der Waals surface area contributed by atoms with Crippen LogP contribution in [0.2, 0.25) is 0 Å². The molecule has 1 aromatic carbocycles. The summed E-state index contributed by atoms with van der Waals surface area (Å²) in [6, 6.07) is 7.12. The molecule has 0 saturated heterocycles. The van der Waals surface area contributed by atoms with Crippen molar-refractivity contribution < 1.29 is 17.5 Å². The second kappa shape index (κ2) is 5.76. The average molecular weight is 361 g/mol. The molecule has 2 rings (SSSR count). The molecule has 0 fully saturated rings. The number of aromatic nitrogens is 1. The summed E-state index contributed by atoms with van der Waals surface area (Å²) in [7, 11) is -2.73. The van der Waals surface area contributed by atoms with Crippen LogP contribution >= 0.6 is 15.9 Å². The van der Waals surface area contributed by atoms with Gasteiger partial charge in [-0.2, -0.15) is 8.42 Å². The summed E-state index contributed by atoms with van der Waals surface area (Å²) in [5, 5.41) is -0.665. The zero-order valence-corrected chi connectivity index (χ0v) is 12.7. The molecule has 0 spiro atoms. The molecule has 8 heteroatoms. The van der Waals surface area contributed by atoms with Gasteiger partial charge >= 0.3 is 0 Å². The molecule has 0 saturated carbocycles. The molecule has 0 amide bonds. The fraction of sp³-hybridized carbons (Fsp3) is 0.0833. The lowest BCUT2D eigenvalue weighted by Crippen LogP contribution is -2.16. The summed E-state index contributed by atoms with van der Waals surface area (Å²) < 4.78 is 45.7. The van der Waals surface area contributed by atoms with Gasteiger partial charge in [-0.15, -0.1) is 0 Å². The first-order valence-electron chi connectivity index (χ1n) is 5.41. The Morgan fingerprint density at radius 1 is 1.35 bits per heavy atom. The van der Waals surface area contributed by atoms with Crippen LogP contribution in [0.15, 0.2) is 46.0 Å². The van der Waals surface area contributed by atoms with Crippen LogP contribution in [-0.4, -0.2) is 20.5 Å². The standard InChI is InChI=1S/C12H10BrFN2O3S/c1-19-11-5-4-8(13)7-10(11)16-20(17,18)12-9(14)3-2-6-15-12/h2-7,16H,1H3. The van der Waals surface area contributed by atoms with Gasteiger partial charge in [-0.25, -0.2) is 9.37 Å². The van der Waals surface area contributed by atoms with Crippen molar-refractivity contribution in [1.29, 1.82) is 0 Å². The third kappa shape index (κ3) is 3.07. The minimum absolute atomic E-state index is 0.187. The first kappa shape index (κ1) is 14.7. The van der Waals surface area contributed by atoms with Crippen LogP contribution in [0.3, 0.4) is 0 Å². The summed E-state index contributed by atoms with van der Waals surface area (Å²) >= 11 is 3.22. The van der Waals surface area contributed by atoms with Gasteiger partial charge in [0.25, 0.3) is 10.0 Å². The molecule has 0 atom stereocenters. The second-order valence-electron chi connectivity index (χ2n) is 3.74. The zero-order chi connectivity index (χ0) is 14.8. The lowest BCUT2D eigenvalue weighted by Gasteiger charge is -2.12. The highest BCUT2D eigenvalue weighted by Crippen LogP contribution is 2.29. The van der Waals surface area contributed by atoms with Crippen LogP contribution in [0.25, 0.3) is 0 Å². The van der Waals surface area contributed by atoms with Crippen LogP contribution in [-0.2, 0) is 10.0 Å². The predicted octanol–water partition coefficient (Wildman–Crippen LogP) is 2.79. The van der Waals surface area contributed by atoms with E-state index in [4.69, 9.17) is 4.74 Å². The van der Waals surface area contributed by atoms with E-state index in [0.717, 1.165) is 6.07 Å². The molecule has 2 aromatic rings. The van der Waals surface area contributed by atoms with E-state index in [1.165, 1.54) is 25.4 Å². The van der Waals surface area contributed by atoms with Crippen molar-refractivity contribution in [3.8, 4) is 5.75 Å². The molecule has 0 aliphatic carbocycles. The van der Waals surface area contributed by atoms with Gasteiger partial charge < -0.3 is 4.74 Å². The van der Waals surface area contributed by atoms with Crippen molar-refractivity contribution in [2.75, 3.05) is 11.8 Å². The molecule has 106 valence electrons. The van der Waals surface area contributed by atoms with Crippen molar-refractivity contribution in [1.82, 2.24) is 4.98 Å². The van der Waals surface area contributed by atoms with E-state index >= 15 is 0 Å². The van der Waals surface area contributed by atoms with Gasteiger partial charge in [0, 0.05) is 10.7 Å². The molecule has 0 aliphatic heterocycles. The summed E-state index contributed by atoms with van der Waals surface area (Å²) in [6.07, 6.45) is 1.20. The monoisotopic (exact) mass is 360 g/mol. The molecule has 1 aromatic heterocycles. The maximum Gasteiger partial charge on any atom is 0.282 e. The Bertz CT molecular complexity index is 737. The summed E-state index contributed by atoms with van der Waals surface area (Å²) in [6.45, 7) is 0. The number of ether oxygens (including phenoxy) is 1. The van der Waals surface area contributed by atoms with Crippen LogP contribution in [0.5, 0.6) is 5.75 Å². The SMILES string of the molecule is COc1ccc(Br)cc1NS(=O)(=O)c1ncccc1F. The number of pyridine rings is 1. The Balaban J connectivity index is 2.44. The number of nitrogens with one attached hydrogen (secondary N) is 1. The van der Waals surface area contributed by atoms with Gasteiger partial charge in [-0.1, -0.05) is 15.9 Å². The Hall–Kier alpha value is -1.67. The molecule has 0 unspecified atom stereocenters. The zero-order valence-electron chi connectivity index (χ0n) is 10.3. The number of hydrogen-bond donors (Lipinski definition) is 1. The average Bonchev–Trinajstić information content (AvgIpc) is 2.39. The van der Waals surface area contributed by atoms with Crippen molar-refractivity contribution in [2.45, 2.75) is 5.03 Å². The molecule has 1 N–H and O–H groups in total. The quantitative estimate of drug-likeness (QED) is 0.909. The maximum absolute atomic E-state index is 13.5. The first-order chi connectivity index (χ1) is 9.44. The number of halogens is 2. The Morgan fingerprint density at radius 2 is 2.10 bits per heavy atom. The van der Waals surface area contributed by atoms with Crippen LogP contribution in [0.1, 0.15) is 0 Å². The van der Waals surface area contributed by atoms with Gasteiger partial charge in [-0.3, -0.25) is 4.72 Å². The summed E-state index contributed by atoms with van der Waals surface area (Å²) in [5.41, 5.74) is 0.187. The predicted molar refractivity (Wildman–Crippen MR) is 75.7 cm³/mol. The Labute approximate surface area is 124 Å². The summed E-state index contributed by atoms with van der Waals surface area (Å²) in [5.74, 6) is -0.609. The summed E-state index contributed by atoms with van der Waals surface area (Å²) in [4.78, 5) is 3.55. The fourth-order valence-corrected chi connectivity index (χ4v) is 2.95. The van der Waals surface area contributed by atoms with Gasteiger partial charge in [0.05, 0.1) is 12.8 Å². The number of sulfonamides is 1. The van der Waals surface area contributed by atoms with Crippen molar-refractivity contribution in [2.24, 2.45) is 0 Å². The number of rotatable bonds is 4.